The maximum absolute atomic E-state index is 12.8. The molecular formula is C21H18N4OS. The molecule has 0 unspecified atom stereocenters. The van der Waals surface area contributed by atoms with E-state index in [-0.39, 0.29) is 5.91 Å². The number of fused-ring (bicyclic) bond motifs is 1. The van der Waals surface area contributed by atoms with Crippen LogP contribution in [0.2, 0.25) is 0 Å². The van der Waals surface area contributed by atoms with E-state index >= 15 is 0 Å². The van der Waals surface area contributed by atoms with Gasteiger partial charge in [-0.1, -0.05) is 18.2 Å². The standard InChI is InChI=1S/C21H18N4OS/c1-15-6-4-7-16(12-15)25-20(23-9-2-3-10-23)17-13-24(14-18(17)22-25)21(26)19-8-5-11-27-19/h2-12H,13-14H2,1H3. The molecule has 6 heteroatoms. The Morgan fingerprint density at radius 1 is 1.07 bits per heavy atom. The molecule has 3 aromatic heterocycles. The molecule has 0 radical (unpaired) electrons. The van der Waals surface area contributed by atoms with Gasteiger partial charge in [-0.2, -0.15) is 5.10 Å². The fourth-order valence-corrected chi connectivity index (χ4v) is 4.27. The Hall–Kier alpha value is -3.12. The van der Waals surface area contributed by atoms with Gasteiger partial charge in [-0.05, 0) is 48.2 Å². The monoisotopic (exact) mass is 374 g/mol. The third-order valence-electron chi connectivity index (χ3n) is 4.84. The minimum Gasteiger partial charge on any atom is -0.327 e. The molecule has 0 saturated carbocycles. The van der Waals surface area contributed by atoms with Crippen molar-refractivity contribution in [2.24, 2.45) is 0 Å². The van der Waals surface area contributed by atoms with Gasteiger partial charge in [0.15, 0.2) is 0 Å². The number of rotatable bonds is 3. The first-order chi connectivity index (χ1) is 13.2. The number of amides is 1. The van der Waals surface area contributed by atoms with Crippen LogP contribution < -0.4 is 0 Å². The molecule has 0 N–H and O–H groups in total. The first-order valence-corrected chi connectivity index (χ1v) is 9.72. The van der Waals surface area contributed by atoms with E-state index in [0.29, 0.717) is 13.1 Å². The van der Waals surface area contributed by atoms with Gasteiger partial charge in [0.1, 0.15) is 5.82 Å². The quantitative estimate of drug-likeness (QED) is 0.540. The molecule has 5 rings (SSSR count). The van der Waals surface area contributed by atoms with Crippen molar-refractivity contribution in [3.63, 3.8) is 0 Å². The molecule has 1 aromatic carbocycles. The van der Waals surface area contributed by atoms with Gasteiger partial charge in [0.25, 0.3) is 5.91 Å². The lowest BCUT2D eigenvalue weighted by molar-refractivity contribution is 0.0754. The number of nitrogens with zero attached hydrogens (tertiary/aromatic N) is 4. The molecule has 0 spiro atoms. The van der Waals surface area contributed by atoms with E-state index in [9.17, 15) is 4.79 Å². The van der Waals surface area contributed by atoms with E-state index < -0.39 is 0 Å². The molecule has 0 bridgehead atoms. The van der Waals surface area contributed by atoms with Crippen LogP contribution in [0.15, 0.2) is 66.3 Å². The Kier molecular flexibility index (Phi) is 3.72. The number of hydrogen-bond acceptors (Lipinski definition) is 3. The van der Waals surface area contributed by atoms with E-state index in [1.807, 2.05) is 57.7 Å². The molecule has 1 amide bonds. The third kappa shape index (κ3) is 2.69. The molecule has 4 heterocycles. The van der Waals surface area contributed by atoms with Crippen LogP contribution in [0.25, 0.3) is 11.5 Å². The molecule has 1 aliphatic rings. The zero-order valence-electron chi connectivity index (χ0n) is 14.9. The summed E-state index contributed by atoms with van der Waals surface area (Å²) in [5.74, 6) is 1.07. The van der Waals surface area contributed by atoms with E-state index in [2.05, 4.69) is 29.7 Å². The topological polar surface area (TPSA) is 43.1 Å². The lowest BCUT2D eigenvalue weighted by Gasteiger charge is -2.17. The van der Waals surface area contributed by atoms with Crippen LogP contribution in [0.4, 0.5) is 0 Å². The van der Waals surface area contributed by atoms with Crippen LogP contribution in [0, 0.1) is 6.92 Å². The SMILES string of the molecule is Cc1cccc(-n2nc3c(c2-n2cccc2)CN(C(=O)c2cccs2)C3)c1. The summed E-state index contributed by atoms with van der Waals surface area (Å²) in [6.07, 6.45) is 4.04. The molecule has 1 aliphatic heterocycles. The highest BCUT2D eigenvalue weighted by Gasteiger charge is 2.32. The first kappa shape index (κ1) is 16.1. The predicted molar refractivity (Wildman–Crippen MR) is 106 cm³/mol. The predicted octanol–water partition coefficient (Wildman–Crippen LogP) is 4.19. The molecule has 0 saturated heterocycles. The number of thiophene rings is 1. The Bertz CT molecular complexity index is 1110. The number of carbonyl (C=O) groups excluding carboxylic acids is 1. The van der Waals surface area contributed by atoms with Gasteiger partial charge >= 0.3 is 0 Å². The van der Waals surface area contributed by atoms with E-state index in [1.54, 1.807) is 0 Å². The lowest BCUT2D eigenvalue weighted by Crippen LogP contribution is -2.25. The van der Waals surface area contributed by atoms with Gasteiger partial charge in [0, 0.05) is 18.0 Å². The highest BCUT2D eigenvalue weighted by molar-refractivity contribution is 7.12. The summed E-state index contributed by atoms with van der Waals surface area (Å²) < 4.78 is 4.07. The Labute approximate surface area is 161 Å². The average molecular weight is 374 g/mol. The number of benzene rings is 1. The summed E-state index contributed by atoms with van der Waals surface area (Å²) in [5, 5.41) is 6.81. The molecule has 0 fully saturated rings. The number of hydrogen-bond donors (Lipinski definition) is 0. The van der Waals surface area contributed by atoms with Crippen LogP contribution in [-0.2, 0) is 13.1 Å². The largest absolute Gasteiger partial charge is 0.327 e. The zero-order valence-corrected chi connectivity index (χ0v) is 15.7. The van der Waals surface area contributed by atoms with E-state index in [0.717, 1.165) is 27.6 Å². The van der Waals surface area contributed by atoms with Gasteiger partial charge in [-0.3, -0.25) is 4.79 Å². The van der Waals surface area contributed by atoms with E-state index in [1.165, 1.54) is 16.9 Å². The lowest BCUT2D eigenvalue weighted by atomic mass is 10.2. The third-order valence-corrected chi connectivity index (χ3v) is 5.70. The summed E-state index contributed by atoms with van der Waals surface area (Å²) in [4.78, 5) is 15.4. The summed E-state index contributed by atoms with van der Waals surface area (Å²) in [5.41, 5.74) is 4.29. The van der Waals surface area contributed by atoms with Crippen LogP contribution >= 0.6 is 11.3 Å². The van der Waals surface area contributed by atoms with Crippen molar-refractivity contribution in [2.45, 2.75) is 20.0 Å². The maximum Gasteiger partial charge on any atom is 0.264 e. The molecule has 0 aliphatic carbocycles. The van der Waals surface area contributed by atoms with Crippen molar-refractivity contribution in [3.05, 3.63) is 88.0 Å². The molecule has 0 atom stereocenters. The maximum atomic E-state index is 12.8. The molecular weight excluding hydrogens is 356 g/mol. The molecule has 4 aromatic rings. The second kappa shape index (κ2) is 6.25. The summed E-state index contributed by atoms with van der Waals surface area (Å²) in [7, 11) is 0. The van der Waals surface area contributed by atoms with Gasteiger partial charge < -0.3 is 9.47 Å². The zero-order chi connectivity index (χ0) is 18.4. The summed E-state index contributed by atoms with van der Waals surface area (Å²) in [6.45, 7) is 3.20. The number of aromatic nitrogens is 3. The van der Waals surface area contributed by atoms with Crippen molar-refractivity contribution in [3.8, 4) is 11.5 Å². The fourth-order valence-electron chi connectivity index (χ4n) is 3.58. The smallest absolute Gasteiger partial charge is 0.264 e. The fraction of sp³-hybridized carbons (Fsp3) is 0.143. The van der Waals surface area contributed by atoms with Gasteiger partial charge in [-0.25, -0.2) is 4.68 Å². The second-order valence-electron chi connectivity index (χ2n) is 6.73. The molecule has 5 nitrogen and oxygen atoms in total. The van der Waals surface area contributed by atoms with Crippen LogP contribution in [0.3, 0.4) is 0 Å². The Morgan fingerprint density at radius 3 is 2.67 bits per heavy atom. The molecule has 27 heavy (non-hydrogen) atoms. The van der Waals surface area contributed by atoms with Crippen molar-refractivity contribution in [2.75, 3.05) is 0 Å². The van der Waals surface area contributed by atoms with Crippen molar-refractivity contribution in [1.82, 2.24) is 19.2 Å². The van der Waals surface area contributed by atoms with Crippen LogP contribution in [0.5, 0.6) is 0 Å². The second-order valence-corrected chi connectivity index (χ2v) is 7.68. The van der Waals surface area contributed by atoms with Crippen molar-refractivity contribution < 1.29 is 4.79 Å². The van der Waals surface area contributed by atoms with Gasteiger partial charge in [0.2, 0.25) is 0 Å². The highest BCUT2D eigenvalue weighted by Crippen LogP contribution is 2.31. The van der Waals surface area contributed by atoms with Gasteiger partial charge in [0.05, 0.1) is 29.3 Å². The Morgan fingerprint density at radius 2 is 1.93 bits per heavy atom. The van der Waals surface area contributed by atoms with Crippen LogP contribution in [-0.4, -0.2) is 25.2 Å². The van der Waals surface area contributed by atoms with Crippen molar-refractivity contribution in [1.29, 1.82) is 0 Å². The minimum absolute atomic E-state index is 0.0727. The number of carbonyl (C=O) groups is 1. The highest BCUT2D eigenvalue weighted by atomic mass is 32.1. The minimum atomic E-state index is 0.0727. The number of aryl methyl sites for hydroxylation is 1. The Balaban J connectivity index is 1.58. The normalized spacial score (nSPS) is 13.1. The molecule has 134 valence electrons. The summed E-state index contributed by atoms with van der Waals surface area (Å²) in [6, 6.07) is 16.1. The van der Waals surface area contributed by atoms with Crippen LogP contribution in [0.1, 0.15) is 26.5 Å². The van der Waals surface area contributed by atoms with Crippen molar-refractivity contribution >= 4 is 17.2 Å². The van der Waals surface area contributed by atoms with Gasteiger partial charge in [-0.15, -0.1) is 11.3 Å². The van der Waals surface area contributed by atoms with E-state index in [4.69, 9.17) is 5.10 Å². The summed E-state index contributed by atoms with van der Waals surface area (Å²) >= 11 is 1.48. The average Bonchev–Trinajstić information content (AvgIpc) is 3.44. The first-order valence-electron chi connectivity index (χ1n) is 8.84.